The number of aryl methyl sites for hydroxylation is 1. The molecule has 0 spiro atoms. The average Bonchev–Trinajstić information content (AvgIpc) is 2.18. The summed E-state index contributed by atoms with van der Waals surface area (Å²) in [7, 11) is 0. The number of aliphatic hydroxyl groups is 1. The van der Waals surface area contributed by atoms with E-state index in [9.17, 15) is 5.11 Å². The first kappa shape index (κ1) is 11.5. The second kappa shape index (κ2) is 4.46. The maximum Gasteiger partial charge on any atom is 0.125 e. The minimum absolute atomic E-state index is 0.158. The molecule has 0 aromatic heterocycles. The number of rotatable bonds is 2. The van der Waals surface area contributed by atoms with E-state index in [0.717, 1.165) is 17.7 Å². The van der Waals surface area contributed by atoms with Crippen LogP contribution in [-0.4, -0.2) is 11.2 Å². The Bertz CT molecular complexity index is 371. The number of benzene rings is 1. The summed E-state index contributed by atoms with van der Waals surface area (Å²) >= 11 is 0. The highest BCUT2D eigenvalue weighted by atomic mass is 16.5. The molecule has 16 heavy (non-hydrogen) atoms. The molecule has 2 atom stereocenters. The average molecular weight is 220 g/mol. The minimum atomic E-state index is -0.368. The van der Waals surface area contributed by atoms with Crippen molar-refractivity contribution in [2.75, 3.05) is 0 Å². The number of ether oxygens (including phenoxy) is 1. The van der Waals surface area contributed by atoms with Crippen LogP contribution < -0.4 is 4.74 Å². The Kier molecular flexibility index (Phi) is 3.20. The summed E-state index contributed by atoms with van der Waals surface area (Å²) in [5.74, 6) is 1.46. The van der Waals surface area contributed by atoms with Crippen LogP contribution in [0.15, 0.2) is 18.2 Å². The van der Waals surface area contributed by atoms with Crippen molar-refractivity contribution >= 4 is 0 Å². The van der Waals surface area contributed by atoms with Crippen molar-refractivity contribution in [2.45, 2.75) is 45.8 Å². The molecule has 0 fully saturated rings. The third-order valence-corrected chi connectivity index (χ3v) is 3.04. The first-order valence-corrected chi connectivity index (χ1v) is 6.01. The largest absolute Gasteiger partial charge is 0.490 e. The molecule has 0 radical (unpaired) electrons. The van der Waals surface area contributed by atoms with Gasteiger partial charge >= 0.3 is 0 Å². The van der Waals surface area contributed by atoms with Gasteiger partial charge in [-0.1, -0.05) is 25.5 Å². The van der Waals surface area contributed by atoms with E-state index in [1.165, 1.54) is 5.56 Å². The van der Waals surface area contributed by atoms with Gasteiger partial charge < -0.3 is 9.84 Å². The van der Waals surface area contributed by atoms with Crippen LogP contribution >= 0.6 is 0 Å². The van der Waals surface area contributed by atoms with Crippen LogP contribution in [0.25, 0.3) is 0 Å². The first-order valence-electron chi connectivity index (χ1n) is 6.01. The summed E-state index contributed by atoms with van der Waals surface area (Å²) in [4.78, 5) is 0. The van der Waals surface area contributed by atoms with Gasteiger partial charge in [0.15, 0.2) is 0 Å². The van der Waals surface area contributed by atoms with Crippen molar-refractivity contribution in [1.29, 1.82) is 0 Å². The molecular formula is C14H20O2. The van der Waals surface area contributed by atoms with Gasteiger partial charge in [-0.05, 0) is 31.4 Å². The fourth-order valence-electron chi connectivity index (χ4n) is 2.31. The summed E-state index contributed by atoms with van der Waals surface area (Å²) in [5, 5.41) is 10.1. The lowest BCUT2D eigenvalue weighted by Gasteiger charge is -2.30. The van der Waals surface area contributed by atoms with Gasteiger partial charge in [-0.15, -0.1) is 0 Å². The topological polar surface area (TPSA) is 29.5 Å². The maximum atomic E-state index is 10.1. The maximum absolute atomic E-state index is 10.1. The van der Waals surface area contributed by atoms with Crippen LogP contribution in [0.5, 0.6) is 5.75 Å². The number of hydrogen-bond donors (Lipinski definition) is 1. The van der Waals surface area contributed by atoms with Gasteiger partial charge in [-0.3, -0.25) is 0 Å². The van der Waals surface area contributed by atoms with Crippen molar-refractivity contribution in [3.8, 4) is 5.75 Å². The Balaban J connectivity index is 2.20. The van der Waals surface area contributed by atoms with E-state index in [-0.39, 0.29) is 12.2 Å². The van der Waals surface area contributed by atoms with Crippen LogP contribution in [0.2, 0.25) is 0 Å². The van der Waals surface area contributed by atoms with Crippen molar-refractivity contribution < 1.29 is 9.84 Å². The van der Waals surface area contributed by atoms with E-state index in [2.05, 4.69) is 13.8 Å². The zero-order valence-corrected chi connectivity index (χ0v) is 10.2. The van der Waals surface area contributed by atoms with E-state index in [4.69, 9.17) is 4.74 Å². The second-order valence-corrected chi connectivity index (χ2v) is 5.16. The molecule has 1 heterocycles. The lowest BCUT2D eigenvalue weighted by atomic mass is 9.93. The van der Waals surface area contributed by atoms with Crippen molar-refractivity contribution in [2.24, 2.45) is 5.92 Å². The van der Waals surface area contributed by atoms with Gasteiger partial charge in [0.2, 0.25) is 0 Å². The van der Waals surface area contributed by atoms with Crippen LogP contribution in [-0.2, 0) is 0 Å². The van der Waals surface area contributed by atoms with Gasteiger partial charge in [0, 0.05) is 12.0 Å². The molecule has 2 heteroatoms. The molecule has 0 bridgehead atoms. The number of hydrogen-bond acceptors (Lipinski definition) is 2. The molecule has 0 amide bonds. The molecule has 0 saturated heterocycles. The van der Waals surface area contributed by atoms with E-state index in [1.807, 2.05) is 25.1 Å². The Hall–Kier alpha value is -1.02. The Morgan fingerprint density at radius 1 is 1.44 bits per heavy atom. The van der Waals surface area contributed by atoms with Gasteiger partial charge in [0.25, 0.3) is 0 Å². The van der Waals surface area contributed by atoms with Gasteiger partial charge in [0.05, 0.1) is 6.10 Å². The van der Waals surface area contributed by atoms with E-state index in [0.29, 0.717) is 12.3 Å². The molecular weight excluding hydrogens is 200 g/mol. The molecule has 1 aromatic carbocycles. The molecule has 0 saturated carbocycles. The number of fused-ring (bicyclic) bond motifs is 1. The highest BCUT2D eigenvalue weighted by molar-refractivity contribution is 5.40. The van der Waals surface area contributed by atoms with Crippen molar-refractivity contribution in [3.63, 3.8) is 0 Å². The number of aliphatic hydroxyl groups excluding tert-OH is 1. The van der Waals surface area contributed by atoms with E-state index >= 15 is 0 Å². The van der Waals surface area contributed by atoms with E-state index in [1.54, 1.807) is 0 Å². The normalized spacial score (nSPS) is 24.1. The third-order valence-electron chi connectivity index (χ3n) is 3.04. The lowest BCUT2D eigenvalue weighted by Crippen LogP contribution is -2.27. The van der Waals surface area contributed by atoms with Crippen molar-refractivity contribution in [3.05, 3.63) is 29.3 Å². The molecule has 1 N–H and O–H groups in total. The smallest absolute Gasteiger partial charge is 0.125 e. The summed E-state index contributed by atoms with van der Waals surface area (Å²) in [6.45, 7) is 6.40. The summed E-state index contributed by atoms with van der Waals surface area (Å²) < 4.78 is 5.91. The van der Waals surface area contributed by atoms with Gasteiger partial charge in [-0.25, -0.2) is 0 Å². The Labute approximate surface area is 97.3 Å². The highest BCUT2D eigenvalue weighted by Crippen LogP contribution is 2.36. The lowest BCUT2D eigenvalue weighted by molar-refractivity contribution is 0.0556. The second-order valence-electron chi connectivity index (χ2n) is 5.16. The standard InChI is InChI=1S/C14H20O2/c1-9(2)6-11-8-13(15)12-7-10(3)4-5-14(12)16-11/h4-5,7,9,11,13,15H,6,8H2,1-3H3/t11?,13-/m1/s1. The zero-order chi connectivity index (χ0) is 11.7. The highest BCUT2D eigenvalue weighted by Gasteiger charge is 2.27. The van der Waals surface area contributed by atoms with Gasteiger partial charge in [0.1, 0.15) is 11.9 Å². The minimum Gasteiger partial charge on any atom is -0.490 e. The van der Waals surface area contributed by atoms with Crippen molar-refractivity contribution in [1.82, 2.24) is 0 Å². The fourth-order valence-corrected chi connectivity index (χ4v) is 2.31. The van der Waals surface area contributed by atoms with Crippen LogP contribution in [0.3, 0.4) is 0 Å². The van der Waals surface area contributed by atoms with Crippen LogP contribution in [0, 0.1) is 12.8 Å². The monoisotopic (exact) mass is 220 g/mol. The van der Waals surface area contributed by atoms with Crippen LogP contribution in [0.1, 0.15) is 43.9 Å². The van der Waals surface area contributed by atoms with Gasteiger partial charge in [-0.2, -0.15) is 0 Å². The summed E-state index contributed by atoms with van der Waals surface area (Å²) in [5.41, 5.74) is 2.11. The zero-order valence-electron chi connectivity index (χ0n) is 10.2. The van der Waals surface area contributed by atoms with Crippen LogP contribution in [0.4, 0.5) is 0 Å². The quantitative estimate of drug-likeness (QED) is 0.829. The Morgan fingerprint density at radius 2 is 2.19 bits per heavy atom. The summed E-state index contributed by atoms with van der Waals surface area (Å²) in [6.07, 6.45) is 1.51. The Morgan fingerprint density at radius 3 is 2.88 bits per heavy atom. The molecule has 88 valence electrons. The predicted molar refractivity (Wildman–Crippen MR) is 64.6 cm³/mol. The summed E-state index contributed by atoms with van der Waals surface area (Å²) in [6, 6.07) is 6.02. The molecule has 1 aromatic rings. The molecule has 1 unspecified atom stereocenters. The first-order chi connectivity index (χ1) is 7.56. The molecule has 0 aliphatic carbocycles. The molecule has 2 nitrogen and oxygen atoms in total. The molecule has 2 rings (SSSR count). The molecule has 1 aliphatic rings. The third kappa shape index (κ3) is 2.38. The SMILES string of the molecule is Cc1ccc2c(c1)[C@H](O)CC(CC(C)C)O2. The predicted octanol–water partition coefficient (Wildman–Crippen LogP) is 3.23. The molecule has 1 aliphatic heterocycles. The van der Waals surface area contributed by atoms with E-state index < -0.39 is 0 Å². The fraction of sp³-hybridized carbons (Fsp3) is 0.571.